The monoisotopic (exact) mass is 483 g/mol. The van der Waals surface area contributed by atoms with E-state index in [0.717, 1.165) is 46.4 Å². The van der Waals surface area contributed by atoms with Crippen molar-refractivity contribution in [3.8, 4) is 11.1 Å². The maximum atomic E-state index is 13.4. The number of hydrogen-bond acceptors (Lipinski definition) is 4. The lowest BCUT2D eigenvalue weighted by atomic mass is 9.79. The second-order valence-corrected chi connectivity index (χ2v) is 10.5. The molecule has 2 aliphatic rings. The first-order valence-corrected chi connectivity index (χ1v) is 13.0. The molecule has 1 spiro atoms. The average Bonchev–Trinajstić information content (AvgIpc) is 3.63. The fourth-order valence-electron chi connectivity index (χ4n) is 5.93. The van der Waals surface area contributed by atoms with Gasteiger partial charge in [-0.25, -0.2) is 4.79 Å². The molecule has 3 aromatic carbocycles. The molecule has 6 nitrogen and oxygen atoms in total. The van der Waals surface area contributed by atoms with Gasteiger partial charge in [-0.2, -0.15) is 5.10 Å². The number of amides is 2. The molecular formula is C28H29N5OS. The number of aryl methyl sites for hydroxylation is 1. The van der Waals surface area contributed by atoms with E-state index in [4.69, 9.17) is 5.14 Å². The molecule has 0 atom stereocenters. The van der Waals surface area contributed by atoms with E-state index in [0.29, 0.717) is 6.54 Å². The zero-order valence-electron chi connectivity index (χ0n) is 19.8. The average molecular weight is 484 g/mol. The zero-order valence-corrected chi connectivity index (χ0v) is 20.6. The molecule has 2 heterocycles. The number of nitrogens with zero attached hydrogens (tertiary/aromatic N) is 2. The summed E-state index contributed by atoms with van der Waals surface area (Å²) in [6.07, 6.45) is 6.58. The van der Waals surface area contributed by atoms with Crippen molar-refractivity contribution < 1.29 is 4.79 Å². The third-order valence-electron chi connectivity index (χ3n) is 7.83. The Labute approximate surface area is 209 Å². The van der Waals surface area contributed by atoms with E-state index in [-0.39, 0.29) is 11.4 Å². The normalized spacial score (nSPS) is 16.2. The van der Waals surface area contributed by atoms with Crippen molar-refractivity contribution in [2.75, 3.05) is 11.4 Å². The van der Waals surface area contributed by atoms with Crippen LogP contribution in [0, 0.1) is 6.92 Å². The molecule has 2 amide bonds. The molecule has 4 N–H and O–H groups in total. The van der Waals surface area contributed by atoms with Crippen LogP contribution in [0.1, 0.15) is 42.4 Å². The first kappa shape index (κ1) is 22.2. The number of H-pyrrole nitrogens is 1. The molecule has 6 rings (SSSR count). The highest BCUT2D eigenvalue weighted by Crippen LogP contribution is 2.51. The molecular weight excluding hydrogens is 454 g/mol. The maximum absolute atomic E-state index is 13.4. The lowest BCUT2D eigenvalue weighted by Gasteiger charge is -2.25. The van der Waals surface area contributed by atoms with Crippen LogP contribution in [-0.2, 0) is 12.0 Å². The Morgan fingerprint density at radius 1 is 1.14 bits per heavy atom. The molecule has 0 radical (unpaired) electrons. The fourth-order valence-corrected chi connectivity index (χ4v) is 6.22. The molecule has 0 bridgehead atoms. The van der Waals surface area contributed by atoms with Gasteiger partial charge in [0.05, 0.1) is 11.7 Å². The predicted molar refractivity (Wildman–Crippen MR) is 142 cm³/mol. The molecule has 0 unspecified atom stereocenters. The largest absolute Gasteiger partial charge is 0.334 e. The molecule has 1 fully saturated rings. The zero-order chi connectivity index (χ0) is 24.0. The van der Waals surface area contributed by atoms with E-state index in [1.54, 1.807) is 0 Å². The summed E-state index contributed by atoms with van der Waals surface area (Å²) in [5.74, 6) is 0. The van der Waals surface area contributed by atoms with Gasteiger partial charge >= 0.3 is 6.03 Å². The van der Waals surface area contributed by atoms with Crippen LogP contribution in [0.25, 0.3) is 22.0 Å². The number of anilines is 1. The summed E-state index contributed by atoms with van der Waals surface area (Å²) in [5.41, 5.74) is 8.18. The van der Waals surface area contributed by atoms with E-state index >= 15 is 0 Å². The molecule has 35 heavy (non-hydrogen) atoms. The minimum absolute atomic E-state index is 0.0314. The summed E-state index contributed by atoms with van der Waals surface area (Å²) in [7, 11) is 0. The summed E-state index contributed by atoms with van der Waals surface area (Å²) < 4.78 is 0. The van der Waals surface area contributed by atoms with Gasteiger partial charge in [0.25, 0.3) is 0 Å². The summed E-state index contributed by atoms with van der Waals surface area (Å²) in [5, 5.41) is 17.2. The van der Waals surface area contributed by atoms with Crippen molar-refractivity contribution in [2.24, 2.45) is 5.14 Å². The van der Waals surface area contributed by atoms with Crippen molar-refractivity contribution in [1.82, 2.24) is 15.5 Å². The Bertz CT molecular complexity index is 1400. The number of urea groups is 1. The van der Waals surface area contributed by atoms with Crippen molar-refractivity contribution in [3.63, 3.8) is 0 Å². The van der Waals surface area contributed by atoms with Gasteiger partial charge in [-0.05, 0) is 89.9 Å². The number of carbonyl (C=O) groups excluding carboxylic acids is 1. The Morgan fingerprint density at radius 2 is 1.94 bits per heavy atom. The van der Waals surface area contributed by atoms with Gasteiger partial charge < -0.3 is 5.32 Å². The molecule has 1 aromatic heterocycles. The highest BCUT2D eigenvalue weighted by Gasteiger charge is 2.46. The van der Waals surface area contributed by atoms with Crippen LogP contribution in [0.2, 0.25) is 0 Å². The van der Waals surface area contributed by atoms with Crippen LogP contribution in [0.5, 0.6) is 0 Å². The number of fused-ring (bicyclic) bond motifs is 3. The van der Waals surface area contributed by atoms with Gasteiger partial charge in [-0.3, -0.25) is 15.1 Å². The van der Waals surface area contributed by atoms with Crippen LogP contribution in [0.3, 0.4) is 0 Å². The Balaban J connectivity index is 1.31. The van der Waals surface area contributed by atoms with Crippen molar-refractivity contribution >= 4 is 34.6 Å². The Hall–Kier alpha value is -3.29. The van der Waals surface area contributed by atoms with Gasteiger partial charge in [0.15, 0.2) is 0 Å². The molecule has 178 valence electrons. The number of nitrogens with one attached hydrogen (secondary N) is 2. The summed E-state index contributed by atoms with van der Waals surface area (Å²) in [4.78, 5) is 16.3. The number of carbonyl (C=O) groups is 1. The standard InChI is InChI=1S/C28H29N5OS/c1-18-22(9-10-25-23(18)16-31-32-25)20-6-11-26-24(14-20)28(12-2-3-13-28)17-33(26)27(34)30-15-19-4-7-21(35-29)8-5-19/h4-11,14,16H,2-3,12-13,15,17,29H2,1H3,(H,30,34)(H,31,32). The highest BCUT2D eigenvalue weighted by atomic mass is 32.2. The van der Waals surface area contributed by atoms with E-state index in [2.05, 4.69) is 52.8 Å². The van der Waals surface area contributed by atoms with E-state index in [1.807, 2.05) is 35.4 Å². The fraction of sp³-hybridized carbons (Fsp3) is 0.286. The molecule has 1 aliphatic heterocycles. The number of benzene rings is 3. The molecule has 4 aromatic rings. The third kappa shape index (κ3) is 3.79. The Morgan fingerprint density at radius 3 is 2.71 bits per heavy atom. The second kappa shape index (κ2) is 8.73. The van der Waals surface area contributed by atoms with Gasteiger partial charge in [-0.1, -0.05) is 37.1 Å². The van der Waals surface area contributed by atoms with Crippen LogP contribution in [-0.4, -0.2) is 22.8 Å². The number of aromatic nitrogens is 2. The summed E-state index contributed by atoms with van der Waals surface area (Å²) in [6, 6.07) is 18.9. The first-order chi connectivity index (χ1) is 17.1. The predicted octanol–water partition coefficient (Wildman–Crippen LogP) is 6.05. The Kier molecular flexibility index (Phi) is 5.54. The molecule has 1 aliphatic carbocycles. The summed E-state index contributed by atoms with van der Waals surface area (Å²) in [6.45, 7) is 3.40. The van der Waals surface area contributed by atoms with Gasteiger partial charge in [0.2, 0.25) is 0 Å². The van der Waals surface area contributed by atoms with Crippen molar-refractivity contribution in [3.05, 3.63) is 77.5 Å². The first-order valence-electron chi connectivity index (χ1n) is 12.2. The van der Waals surface area contributed by atoms with Crippen LogP contribution < -0.4 is 15.4 Å². The smallest absolute Gasteiger partial charge is 0.322 e. The molecule has 1 saturated carbocycles. The molecule has 0 saturated heterocycles. The van der Waals surface area contributed by atoms with E-state index < -0.39 is 0 Å². The maximum Gasteiger partial charge on any atom is 0.322 e. The lowest BCUT2D eigenvalue weighted by Crippen LogP contribution is -2.41. The quantitative estimate of drug-likeness (QED) is 0.309. The second-order valence-electron chi connectivity index (χ2n) is 9.80. The number of aromatic amines is 1. The minimum Gasteiger partial charge on any atom is -0.334 e. The van der Waals surface area contributed by atoms with Gasteiger partial charge in [0.1, 0.15) is 0 Å². The minimum atomic E-state index is -0.0314. The number of hydrogen-bond donors (Lipinski definition) is 3. The van der Waals surface area contributed by atoms with E-state index in [9.17, 15) is 4.79 Å². The number of rotatable bonds is 4. The van der Waals surface area contributed by atoms with Crippen molar-refractivity contribution in [2.45, 2.75) is 49.5 Å². The highest BCUT2D eigenvalue weighted by molar-refractivity contribution is 7.97. The van der Waals surface area contributed by atoms with Crippen molar-refractivity contribution in [1.29, 1.82) is 0 Å². The van der Waals surface area contributed by atoms with Gasteiger partial charge in [0, 0.05) is 34.5 Å². The third-order valence-corrected chi connectivity index (χ3v) is 8.38. The molecule has 7 heteroatoms. The van der Waals surface area contributed by atoms with Crippen LogP contribution >= 0.6 is 11.9 Å². The SMILES string of the molecule is Cc1c(-c2ccc3c(c2)C2(CCCC2)CN3C(=O)NCc2ccc(SN)cc2)ccc2[nH]ncc12. The summed E-state index contributed by atoms with van der Waals surface area (Å²) >= 11 is 1.23. The van der Waals surface area contributed by atoms with Crippen LogP contribution in [0.4, 0.5) is 10.5 Å². The van der Waals surface area contributed by atoms with Gasteiger partial charge in [-0.15, -0.1) is 0 Å². The lowest BCUT2D eigenvalue weighted by molar-refractivity contribution is 0.245. The topological polar surface area (TPSA) is 87.0 Å². The van der Waals surface area contributed by atoms with Crippen LogP contribution in [0.15, 0.2) is 65.7 Å². The number of nitrogens with two attached hydrogens (primary N) is 1. The van der Waals surface area contributed by atoms with E-state index in [1.165, 1.54) is 47.0 Å².